The molecule has 0 spiro atoms. The number of hydrogen-bond donors (Lipinski definition) is 2. The first-order valence-corrected chi connectivity index (χ1v) is 12.1. The van der Waals surface area contributed by atoms with Gasteiger partial charge in [-0.05, 0) is 57.4 Å². The Bertz CT molecular complexity index is 782. The van der Waals surface area contributed by atoms with Crippen molar-refractivity contribution >= 4 is 11.8 Å². The van der Waals surface area contributed by atoms with E-state index in [1.165, 1.54) is 12.8 Å². The maximum absolute atomic E-state index is 12.6. The van der Waals surface area contributed by atoms with E-state index in [0.29, 0.717) is 36.1 Å². The van der Waals surface area contributed by atoms with Gasteiger partial charge in [-0.1, -0.05) is 0 Å². The zero-order valence-electron chi connectivity index (χ0n) is 18.4. The fourth-order valence-corrected chi connectivity index (χ4v) is 5.14. The van der Waals surface area contributed by atoms with Crippen molar-refractivity contribution in [2.75, 3.05) is 39.4 Å². The molecule has 5 rings (SSSR count). The molecule has 3 heterocycles. The molecule has 2 aliphatic heterocycles. The molecule has 2 saturated heterocycles. The van der Waals surface area contributed by atoms with Crippen molar-refractivity contribution in [3.05, 3.63) is 17.5 Å². The molecular formula is C23H35N5O3. The van der Waals surface area contributed by atoms with Crippen LogP contribution in [0, 0.1) is 5.92 Å². The van der Waals surface area contributed by atoms with Crippen LogP contribution in [-0.4, -0.2) is 83.3 Å². The van der Waals surface area contributed by atoms with E-state index in [0.717, 1.165) is 77.1 Å². The highest BCUT2D eigenvalue weighted by molar-refractivity contribution is 5.92. The minimum atomic E-state index is -0.107. The van der Waals surface area contributed by atoms with Crippen LogP contribution in [0.5, 0.6) is 0 Å². The van der Waals surface area contributed by atoms with E-state index in [1.54, 1.807) is 0 Å². The van der Waals surface area contributed by atoms with Crippen LogP contribution in [0.4, 0.5) is 0 Å². The minimum absolute atomic E-state index is 0.107. The van der Waals surface area contributed by atoms with Gasteiger partial charge < -0.3 is 15.0 Å². The molecule has 8 nitrogen and oxygen atoms in total. The molecule has 2 saturated carbocycles. The highest BCUT2D eigenvalue weighted by Gasteiger charge is 2.37. The van der Waals surface area contributed by atoms with Crippen LogP contribution >= 0.6 is 0 Å². The molecule has 0 radical (unpaired) electrons. The molecule has 0 aromatic carbocycles. The molecule has 1 aromatic heterocycles. The monoisotopic (exact) mass is 429 g/mol. The smallest absolute Gasteiger partial charge is 0.271 e. The maximum Gasteiger partial charge on any atom is 0.271 e. The van der Waals surface area contributed by atoms with Gasteiger partial charge in [0.1, 0.15) is 5.69 Å². The average molecular weight is 430 g/mol. The number of rotatable bonds is 8. The second-order valence-electron chi connectivity index (χ2n) is 9.67. The zero-order valence-corrected chi connectivity index (χ0v) is 18.4. The molecule has 2 amide bonds. The first-order valence-electron chi connectivity index (χ1n) is 12.1. The number of carbonyl (C=O) groups excluding carboxylic acids is 2. The number of amides is 2. The molecule has 1 unspecified atom stereocenters. The van der Waals surface area contributed by atoms with Gasteiger partial charge in [0.25, 0.3) is 5.91 Å². The number of aromatic amines is 1. The summed E-state index contributed by atoms with van der Waals surface area (Å²) in [5.74, 6) is 1.09. The van der Waals surface area contributed by atoms with E-state index in [-0.39, 0.29) is 11.8 Å². The molecule has 4 aliphatic rings. The Morgan fingerprint density at radius 2 is 1.94 bits per heavy atom. The lowest BCUT2D eigenvalue weighted by molar-refractivity contribution is -0.135. The van der Waals surface area contributed by atoms with Gasteiger partial charge in [0, 0.05) is 69.0 Å². The van der Waals surface area contributed by atoms with Crippen LogP contribution in [0.25, 0.3) is 0 Å². The van der Waals surface area contributed by atoms with Crippen molar-refractivity contribution < 1.29 is 14.3 Å². The lowest BCUT2D eigenvalue weighted by Crippen LogP contribution is -2.55. The number of H-pyrrole nitrogens is 1. The van der Waals surface area contributed by atoms with Gasteiger partial charge in [-0.25, -0.2) is 0 Å². The minimum Gasteiger partial charge on any atom is -0.381 e. The SMILES string of the molecule is O=C(NCCN(C1CCOCC1)C1CCCN(C(=O)C2CC2)C1)c1cc(C2CC2)[nH]n1. The Hall–Kier alpha value is -1.93. The van der Waals surface area contributed by atoms with E-state index in [4.69, 9.17) is 4.74 Å². The molecule has 1 aromatic rings. The molecule has 8 heteroatoms. The standard InChI is InChI=1S/C23H35N5O3/c29-22(21-14-20(25-26-21)16-3-4-16)24-9-11-28(18-7-12-31-13-8-18)19-2-1-10-27(15-19)23(30)17-5-6-17/h14,16-19H,1-13,15H2,(H,24,29)(H,25,26). The van der Waals surface area contributed by atoms with Crippen LogP contribution in [0.15, 0.2) is 6.07 Å². The predicted molar refractivity (Wildman–Crippen MR) is 116 cm³/mol. The first kappa shape index (κ1) is 20.9. The number of aromatic nitrogens is 2. The summed E-state index contributed by atoms with van der Waals surface area (Å²) in [6.45, 7) is 4.70. The Morgan fingerprint density at radius 1 is 1.13 bits per heavy atom. The molecule has 31 heavy (non-hydrogen) atoms. The first-order chi connectivity index (χ1) is 15.2. The number of nitrogens with zero attached hydrogens (tertiary/aromatic N) is 3. The van der Waals surface area contributed by atoms with Crippen molar-refractivity contribution in [2.45, 2.75) is 69.4 Å². The highest BCUT2D eigenvalue weighted by Crippen LogP contribution is 2.39. The lowest BCUT2D eigenvalue weighted by Gasteiger charge is -2.44. The van der Waals surface area contributed by atoms with Crippen LogP contribution in [0.3, 0.4) is 0 Å². The van der Waals surface area contributed by atoms with Gasteiger partial charge in [0.2, 0.25) is 5.91 Å². The number of ether oxygens (including phenoxy) is 1. The van der Waals surface area contributed by atoms with Crippen molar-refractivity contribution in [3.63, 3.8) is 0 Å². The molecule has 170 valence electrons. The van der Waals surface area contributed by atoms with Crippen molar-refractivity contribution in [3.8, 4) is 0 Å². The van der Waals surface area contributed by atoms with Crippen molar-refractivity contribution in [2.24, 2.45) is 5.92 Å². The summed E-state index contributed by atoms with van der Waals surface area (Å²) in [5.41, 5.74) is 1.56. The fourth-order valence-electron chi connectivity index (χ4n) is 5.14. The molecular weight excluding hydrogens is 394 g/mol. The number of piperidine rings is 1. The summed E-state index contributed by atoms with van der Waals surface area (Å²) < 4.78 is 5.59. The normalized spacial score (nSPS) is 25.1. The number of likely N-dealkylation sites (tertiary alicyclic amines) is 1. The van der Waals surface area contributed by atoms with Crippen molar-refractivity contribution in [1.29, 1.82) is 0 Å². The van der Waals surface area contributed by atoms with Crippen LogP contribution in [0.1, 0.15) is 73.5 Å². The second kappa shape index (κ2) is 9.28. The number of nitrogens with one attached hydrogen (secondary N) is 2. The van der Waals surface area contributed by atoms with Crippen LogP contribution < -0.4 is 5.32 Å². The van der Waals surface area contributed by atoms with E-state index in [9.17, 15) is 9.59 Å². The highest BCUT2D eigenvalue weighted by atomic mass is 16.5. The Balaban J connectivity index is 1.18. The van der Waals surface area contributed by atoms with Gasteiger partial charge in [0.05, 0.1) is 0 Å². The average Bonchev–Trinajstić information content (AvgIpc) is 3.75. The van der Waals surface area contributed by atoms with Gasteiger partial charge >= 0.3 is 0 Å². The Kier molecular flexibility index (Phi) is 6.27. The molecule has 0 bridgehead atoms. The number of carbonyl (C=O) groups is 2. The quantitative estimate of drug-likeness (QED) is 0.659. The third-order valence-corrected chi connectivity index (χ3v) is 7.27. The lowest BCUT2D eigenvalue weighted by atomic mass is 9.98. The predicted octanol–water partition coefficient (Wildman–Crippen LogP) is 1.90. The van der Waals surface area contributed by atoms with E-state index in [2.05, 4.69) is 25.3 Å². The Morgan fingerprint density at radius 3 is 2.68 bits per heavy atom. The van der Waals surface area contributed by atoms with Crippen LogP contribution in [-0.2, 0) is 9.53 Å². The fraction of sp³-hybridized carbons (Fsp3) is 0.783. The summed E-state index contributed by atoms with van der Waals surface area (Å²) in [6.07, 6.45) is 8.71. The maximum atomic E-state index is 12.6. The van der Waals surface area contributed by atoms with Crippen LogP contribution in [0.2, 0.25) is 0 Å². The van der Waals surface area contributed by atoms with Crippen molar-refractivity contribution in [1.82, 2.24) is 25.3 Å². The summed E-state index contributed by atoms with van der Waals surface area (Å²) in [4.78, 5) is 29.9. The van der Waals surface area contributed by atoms with Gasteiger partial charge in [-0.3, -0.25) is 19.6 Å². The van der Waals surface area contributed by atoms with E-state index in [1.807, 2.05) is 6.07 Å². The Labute approximate surface area is 184 Å². The third-order valence-electron chi connectivity index (χ3n) is 7.27. The van der Waals surface area contributed by atoms with Gasteiger partial charge in [-0.15, -0.1) is 0 Å². The molecule has 4 fully saturated rings. The molecule has 2 aliphatic carbocycles. The summed E-state index contributed by atoms with van der Waals surface area (Å²) in [6, 6.07) is 2.72. The molecule has 1 atom stereocenters. The van der Waals surface area contributed by atoms with Gasteiger partial charge in [-0.2, -0.15) is 5.10 Å². The summed E-state index contributed by atoms with van der Waals surface area (Å²) in [5, 5.41) is 10.3. The molecule has 2 N–H and O–H groups in total. The largest absolute Gasteiger partial charge is 0.381 e. The summed E-state index contributed by atoms with van der Waals surface area (Å²) in [7, 11) is 0. The second-order valence-corrected chi connectivity index (χ2v) is 9.67. The van der Waals surface area contributed by atoms with E-state index >= 15 is 0 Å². The zero-order chi connectivity index (χ0) is 21.2. The topological polar surface area (TPSA) is 90.6 Å². The van der Waals surface area contributed by atoms with Gasteiger partial charge in [0.15, 0.2) is 0 Å². The van der Waals surface area contributed by atoms with E-state index < -0.39 is 0 Å². The third kappa shape index (κ3) is 5.12. The summed E-state index contributed by atoms with van der Waals surface area (Å²) >= 11 is 0. The number of hydrogen-bond acceptors (Lipinski definition) is 5.